The topological polar surface area (TPSA) is 138 Å². The van der Waals surface area contributed by atoms with Crippen LogP contribution in [0.4, 0.5) is 11.4 Å². The van der Waals surface area contributed by atoms with Crippen LogP contribution in [0.15, 0.2) is 60.7 Å². The molecular formula is C20H18N4O2. The van der Waals surface area contributed by atoms with E-state index in [0.717, 1.165) is 11.1 Å². The van der Waals surface area contributed by atoms with Gasteiger partial charge in [-0.15, -0.1) is 0 Å². The second kappa shape index (κ2) is 6.60. The molecule has 130 valence electrons. The summed E-state index contributed by atoms with van der Waals surface area (Å²) in [6.07, 6.45) is 0. The lowest BCUT2D eigenvalue weighted by Crippen LogP contribution is -2.13. The Morgan fingerprint density at radius 1 is 0.577 bits per heavy atom. The Hall–Kier alpha value is -3.80. The Kier molecular flexibility index (Phi) is 4.33. The maximum atomic E-state index is 11.7. The first-order chi connectivity index (χ1) is 12.4. The monoisotopic (exact) mass is 346 g/mol. The molecule has 0 radical (unpaired) electrons. The number of rotatable bonds is 4. The molecule has 2 amide bonds. The van der Waals surface area contributed by atoms with Gasteiger partial charge in [-0.1, -0.05) is 36.4 Å². The number of hydrogen-bond acceptors (Lipinski definition) is 4. The number of hydrogen-bond donors (Lipinski definition) is 4. The summed E-state index contributed by atoms with van der Waals surface area (Å²) in [4.78, 5) is 23.4. The van der Waals surface area contributed by atoms with Gasteiger partial charge in [0, 0.05) is 33.6 Å². The standard InChI is InChI=1S/C20H18N4O2/c21-15-5-1-3-13(19(23)25)17(15)11-7-9-12(10-8-11)18-14(20(24)26)4-2-6-16(18)22/h1-10H,21-22H2,(H2,23,25)(H2,24,26). The first-order valence-corrected chi connectivity index (χ1v) is 7.87. The van der Waals surface area contributed by atoms with Crippen molar-refractivity contribution in [2.45, 2.75) is 0 Å². The molecule has 3 aromatic rings. The minimum atomic E-state index is -0.556. The van der Waals surface area contributed by atoms with Crippen LogP contribution < -0.4 is 22.9 Å². The molecular weight excluding hydrogens is 328 g/mol. The number of primary amides is 2. The van der Waals surface area contributed by atoms with Crippen molar-refractivity contribution in [3.05, 3.63) is 71.8 Å². The van der Waals surface area contributed by atoms with Crippen LogP contribution in [0.5, 0.6) is 0 Å². The molecule has 3 rings (SSSR count). The highest BCUT2D eigenvalue weighted by Gasteiger charge is 2.15. The molecule has 0 unspecified atom stereocenters. The fourth-order valence-electron chi connectivity index (χ4n) is 3.00. The Bertz CT molecular complexity index is 928. The highest BCUT2D eigenvalue weighted by molar-refractivity contribution is 6.04. The van der Waals surface area contributed by atoms with E-state index in [2.05, 4.69) is 0 Å². The van der Waals surface area contributed by atoms with Gasteiger partial charge in [0.25, 0.3) is 0 Å². The molecule has 0 atom stereocenters. The van der Waals surface area contributed by atoms with Gasteiger partial charge in [0.1, 0.15) is 0 Å². The van der Waals surface area contributed by atoms with Gasteiger partial charge in [-0.3, -0.25) is 9.59 Å². The summed E-state index contributed by atoms with van der Waals surface area (Å²) in [5, 5.41) is 0. The summed E-state index contributed by atoms with van der Waals surface area (Å²) in [7, 11) is 0. The second-order valence-corrected chi connectivity index (χ2v) is 5.85. The van der Waals surface area contributed by atoms with E-state index in [-0.39, 0.29) is 0 Å². The van der Waals surface area contributed by atoms with Gasteiger partial charge in [0.05, 0.1) is 0 Å². The summed E-state index contributed by atoms with van der Waals surface area (Å²) < 4.78 is 0. The van der Waals surface area contributed by atoms with Gasteiger partial charge < -0.3 is 22.9 Å². The summed E-state index contributed by atoms with van der Waals surface area (Å²) in [6, 6.07) is 17.2. The number of anilines is 2. The molecule has 0 aliphatic rings. The smallest absolute Gasteiger partial charge is 0.249 e. The van der Waals surface area contributed by atoms with Crippen LogP contribution in [-0.4, -0.2) is 11.8 Å². The van der Waals surface area contributed by atoms with E-state index >= 15 is 0 Å². The van der Waals surface area contributed by atoms with Crippen LogP contribution in [0.3, 0.4) is 0 Å². The van der Waals surface area contributed by atoms with Gasteiger partial charge >= 0.3 is 0 Å². The second-order valence-electron chi connectivity index (χ2n) is 5.85. The zero-order valence-electron chi connectivity index (χ0n) is 13.9. The molecule has 0 saturated heterocycles. The zero-order chi connectivity index (χ0) is 18.8. The molecule has 0 aliphatic heterocycles. The maximum Gasteiger partial charge on any atom is 0.249 e. The minimum Gasteiger partial charge on any atom is -0.398 e. The van der Waals surface area contributed by atoms with Crippen LogP contribution in [0, 0.1) is 0 Å². The van der Waals surface area contributed by atoms with Crippen molar-refractivity contribution >= 4 is 23.2 Å². The molecule has 0 aliphatic carbocycles. The average molecular weight is 346 g/mol. The fourth-order valence-corrected chi connectivity index (χ4v) is 3.00. The van der Waals surface area contributed by atoms with Crippen molar-refractivity contribution in [2.75, 3.05) is 11.5 Å². The molecule has 0 spiro atoms. The molecule has 0 bridgehead atoms. The van der Waals surface area contributed by atoms with Gasteiger partial charge in [0.15, 0.2) is 0 Å². The first-order valence-electron chi connectivity index (χ1n) is 7.87. The molecule has 6 nitrogen and oxygen atoms in total. The Labute approximate surface area is 150 Å². The van der Waals surface area contributed by atoms with Gasteiger partial charge in [-0.2, -0.15) is 0 Å². The normalized spacial score (nSPS) is 10.5. The third-order valence-electron chi connectivity index (χ3n) is 4.19. The number of benzene rings is 3. The van der Waals surface area contributed by atoms with E-state index < -0.39 is 11.8 Å². The molecule has 0 heterocycles. The van der Waals surface area contributed by atoms with Crippen molar-refractivity contribution in [1.29, 1.82) is 0 Å². The van der Waals surface area contributed by atoms with E-state index in [9.17, 15) is 9.59 Å². The Balaban J connectivity index is 2.13. The van der Waals surface area contributed by atoms with Crippen molar-refractivity contribution in [2.24, 2.45) is 11.5 Å². The number of carbonyl (C=O) groups excluding carboxylic acids is 2. The third-order valence-corrected chi connectivity index (χ3v) is 4.19. The van der Waals surface area contributed by atoms with Crippen LogP contribution in [0.1, 0.15) is 20.7 Å². The lowest BCUT2D eigenvalue weighted by molar-refractivity contribution is 0.0992. The molecule has 26 heavy (non-hydrogen) atoms. The molecule has 3 aromatic carbocycles. The highest BCUT2D eigenvalue weighted by Crippen LogP contribution is 2.34. The number of amides is 2. The van der Waals surface area contributed by atoms with Gasteiger partial charge in [-0.05, 0) is 35.4 Å². The summed E-state index contributed by atoms with van der Waals surface area (Å²) >= 11 is 0. The minimum absolute atomic E-state index is 0.342. The van der Waals surface area contributed by atoms with E-state index in [4.69, 9.17) is 22.9 Å². The molecule has 6 heteroatoms. The Morgan fingerprint density at radius 3 is 1.23 bits per heavy atom. The highest BCUT2D eigenvalue weighted by atomic mass is 16.1. The van der Waals surface area contributed by atoms with Crippen LogP contribution >= 0.6 is 0 Å². The zero-order valence-corrected chi connectivity index (χ0v) is 13.9. The molecule has 0 fully saturated rings. The SMILES string of the molecule is NC(=O)c1cccc(N)c1-c1ccc(-c2c(N)cccc2C(N)=O)cc1. The van der Waals surface area contributed by atoms with Crippen molar-refractivity contribution in [1.82, 2.24) is 0 Å². The Morgan fingerprint density at radius 2 is 0.923 bits per heavy atom. The molecule has 0 saturated carbocycles. The predicted molar refractivity (Wildman–Crippen MR) is 103 cm³/mol. The lowest BCUT2D eigenvalue weighted by Gasteiger charge is -2.13. The number of nitrogens with two attached hydrogens (primary N) is 4. The van der Waals surface area contributed by atoms with E-state index in [0.29, 0.717) is 33.6 Å². The summed E-state index contributed by atoms with van der Waals surface area (Å²) in [5.74, 6) is -1.11. The van der Waals surface area contributed by atoms with Crippen molar-refractivity contribution in [3.63, 3.8) is 0 Å². The third kappa shape index (κ3) is 2.95. The average Bonchev–Trinajstić information content (AvgIpc) is 2.61. The maximum absolute atomic E-state index is 11.7. The number of carbonyl (C=O) groups is 2. The number of nitrogen functional groups attached to an aromatic ring is 2. The van der Waals surface area contributed by atoms with Crippen LogP contribution in [0.25, 0.3) is 22.3 Å². The molecule has 0 aromatic heterocycles. The quantitative estimate of drug-likeness (QED) is 0.539. The lowest BCUT2D eigenvalue weighted by atomic mass is 9.93. The fraction of sp³-hybridized carbons (Fsp3) is 0. The predicted octanol–water partition coefficient (Wildman–Crippen LogP) is 2.38. The van der Waals surface area contributed by atoms with E-state index in [1.165, 1.54) is 0 Å². The van der Waals surface area contributed by atoms with E-state index in [1.807, 2.05) is 0 Å². The van der Waals surface area contributed by atoms with Crippen molar-refractivity contribution < 1.29 is 9.59 Å². The largest absolute Gasteiger partial charge is 0.398 e. The molecule has 8 N–H and O–H groups in total. The van der Waals surface area contributed by atoms with E-state index in [1.54, 1.807) is 60.7 Å². The van der Waals surface area contributed by atoms with Crippen molar-refractivity contribution in [3.8, 4) is 22.3 Å². The van der Waals surface area contributed by atoms with Gasteiger partial charge in [0.2, 0.25) is 11.8 Å². The summed E-state index contributed by atoms with van der Waals surface area (Å²) in [6.45, 7) is 0. The first kappa shape index (κ1) is 17.0. The van der Waals surface area contributed by atoms with Gasteiger partial charge in [-0.25, -0.2) is 0 Å². The summed E-state index contributed by atoms with van der Waals surface area (Å²) in [5.41, 5.74) is 27.2. The van der Waals surface area contributed by atoms with Crippen LogP contribution in [0.2, 0.25) is 0 Å². The van der Waals surface area contributed by atoms with Crippen LogP contribution in [-0.2, 0) is 0 Å².